The van der Waals surface area contributed by atoms with Gasteiger partial charge >= 0.3 is 0 Å². The Morgan fingerprint density at radius 3 is 2.68 bits per heavy atom. The van der Waals surface area contributed by atoms with Gasteiger partial charge in [0.1, 0.15) is 5.75 Å². The minimum atomic E-state index is -0.130. The molecule has 0 radical (unpaired) electrons. The minimum absolute atomic E-state index is 0.0867. The van der Waals surface area contributed by atoms with Gasteiger partial charge in [-0.05, 0) is 36.8 Å². The fraction of sp³-hybridized carbons (Fsp3) is 0.133. The lowest BCUT2D eigenvalue weighted by Gasteiger charge is -2.08. The Bertz CT molecular complexity index is 570. The van der Waals surface area contributed by atoms with Crippen molar-refractivity contribution in [3.8, 4) is 5.75 Å². The van der Waals surface area contributed by atoms with Gasteiger partial charge in [-0.3, -0.25) is 4.79 Å². The summed E-state index contributed by atoms with van der Waals surface area (Å²) in [5, 5.41) is 12.4. The minimum Gasteiger partial charge on any atom is -0.506 e. The van der Waals surface area contributed by atoms with E-state index in [1.54, 1.807) is 18.2 Å². The molecule has 1 amide bonds. The molecule has 0 aliphatic carbocycles. The van der Waals surface area contributed by atoms with Gasteiger partial charge in [0.2, 0.25) is 5.91 Å². The number of rotatable bonds is 4. The summed E-state index contributed by atoms with van der Waals surface area (Å²) in [6.45, 7) is 1.91. The zero-order chi connectivity index (χ0) is 13.7. The van der Waals surface area contributed by atoms with E-state index in [4.69, 9.17) is 0 Å². The molecule has 98 valence electrons. The van der Waals surface area contributed by atoms with Crippen molar-refractivity contribution in [1.82, 2.24) is 0 Å². The second-order valence-electron chi connectivity index (χ2n) is 4.17. The van der Waals surface area contributed by atoms with Crippen LogP contribution in [0.3, 0.4) is 0 Å². The van der Waals surface area contributed by atoms with Gasteiger partial charge in [-0.15, -0.1) is 11.8 Å². The second-order valence-corrected chi connectivity index (χ2v) is 5.22. The van der Waals surface area contributed by atoms with Crippen molar-refractivity contribution in [1.29, 1.82) is 0 Å². The van der Waals surface area contributed by atoms with Crippen molar-refractivity contribution in [3.05, 3.63) is 54.1 Å². The van der Waals surface area contributed by atoms with E-state index in [1.165, 1.54) is 11.8 Å². The summed E-state index contributed by atoms with van der Waals surface area (Å²) < 4.78 is 0. The number of hydrogen-bond acceptors (Lipinski definition) is 3. The molecule has 2 aromatic carbocycles. The largest absolute Gasteiger partial charge is 0.506 e. The topological polar surface area (TPSA) is 49.3 Å². The van der Waals surface area contributed by atoms with Crippen LogP contribution in [0, 0.1) is 6.92 Å². The van der Waals surface area contributed by atoms with Crippen molar-refractivity contribution in [2.75, 3.05) is 11.1 Å². The fourth-order valence-electron chi connectivity index (χ4n) is 1.60. The van der Waals surface area contributed by atoms with Gasteiger partial charge in [-0.25, -0.2) is 0 Å². The molecule has 2 aromatic rings. The number of aromatic hydroxyl groups is 1. The number of anilines is 1. The molecular formula is C15H15NO2S. The summed E-state index contributed by atoms with van der Waals surface area (Å²) in [7, 11) is 0. The number of aryl methyl sites for hydroxylation is 1. The summed E-state index contributed by atoms with van der Waals surface area (Å²) in [5.41, 5.74) is 1.45. The van der Waals surface area contributed by atoms with Crippen LogP contribution in [-0.4, -0.2) is 16.8 Å². The van der Waals surface area contributed by atoms with E-state index in [0.717, 1.165) is 10.5 Å². The van der Waals surface area contributed by atoms with E-state index >= 15 is 0 Å². The SMILES string of the molecule is Cc1ccc(O)c(NC(=O)CSc2ccccc2)c1. The van der Waals surface area contributed by atoms with Crippen LogP contribution in [0.25, 0.3) is 0 Å². The third-order valence-corrected chi connectivity index (χ3v) is 3.55. The van der Waals surface area contributed by atoms with E-state index in [9.17, 15) is 9.90 Å². The van der Waals surface area contributed by atoms with Crippen LogP contribution in [0.4, 0.5) is 5.69 Å². The summed E-state index contributed by atoms with van der Waals surface area (Å²) in [4.78, 5) is 12.9. The van der Waals surface area contributed by atoms with Gasteiger partial charge in [0.25, 0.3) is 0 Å². The maximum absolute atomic E-state index is 11.8. The Balaban J connectivity index is 1.93. The third kappa shape index (κ3) is 4.03. The lowest BCUT2D eigenvalue weighted by atomic mass is 10.2. The number of thioether (sulfide) groups is 1. The molecule has 0 aliphatic heterocycles. The maximum Gasteiger partial charge on any atom is 0.234 e. The van der Waals surface area contributed by atoms with Gasteiger partial charge in [0, 0.05) is 4.90 Å². The first-order valence-corrected chi connectivity index (χ1v) is 6.91. The zero-order valence-corrected chi connectivity index (χ0v) is 11.4. The van der Waals surface area contributed by atoms with Crippen LogP contribution in [0.1, 0.15) is 5.56 Å². The highest BCUT2D eigenvalue weighted by atomic mass is 32.2. The van der Waals surface area contributed by atoms with Gasteiger partial charge in [0.15, 0.2) is 0 Å². The molecule has 4 heteroatoms. The van der Waals surface area contributed by atoms with Gasteiger partial charge in [-0.2, -0.15) is 0 Å². The summed E-state index contributed by atoms with van der Waals surface area (Å²) in [6, 6.07) is 14.9. The summed E-state index contributed by atoms with van der Waals surface area (Å²) in [5.74, 6) is 0.274. The molecule has 0 saturated heterocycles. The highest BCUT2D eigenvalue weighted by Crippen LogP contribution is 2.24. The molecule has 2 rings (SSSR count). The Hall–Kier alpha value is -1.94. The predicted octanol–water partition coefficient (Wildman–Crippen LogP) is 3.43. The van der Waals surface area contributed by atoms with Crippen molar-refractivity contribution in [2.24, 2.45) is 0 Å². The Morgan fingerprint density at radius 2 is 1.95 bits per heavy atom. The molecule has 0 unspecified atom stereocenters. The average molecular weight is 273 g/mol. The number of benzene rings is 2. The van der Waals surface area contributed by atoms with Crippen LogP contribution < -0.4 is 5.32 Å². The standard InChI is InChI=1S/C15H15NO2S/c1-11-7-8-14(17)13(9-11)16-15(18)10-19-12-5-3-2-4-6-12/h2-9,17H,10H2,1H3,(H,16,18). The van der Waals surface area contributed by atoms with E-state index in [2.05, 4.69) is 5.32 Å². The predicted molar refractivity (Wildman–Crippen MR) is 78.6 cm³/mol. The van der Waals surface area contributed by atoms with Crippen LogP contribution in [0.15, 0.2) is 53.4 Å². The lowest BCUT2D eigenvalue weighted by molar-refractivity contribution is -0.113. The molecule has 0 saturated carbocycles. The summed E-state index contributed by atoms with van der Waals surface area (Å²) >= 11 is 1.46. The summed E-state index contributed by atoms with van der Waals surface area (Å²) in [6.07, 6.45) is 0. The number of amides is 1. The molecule has 2 N–H and O–H groups in total. The van der Waals surface area contributed by atoms with Crippen molar-refractivity contribution >= 4 is 23.4 Å². The fourth-order valence-corrected chi connectivity index (χ4v) is 2.32. The van der Waals surface area contributed by atoms with E-state index in [0.29, 0.717) is 11.4 Å². The van der Waals surface area contributed by atoms with Gasteiger partial charge in [0.05, 0.1) is 11.4 Å². The first-order valence-electron chi connectivity index (χ1n) is 5.92. The molecule has 0 atom stereocenters. The van der Waals surface area contributed by atoms with Crippen molar-refractivity contribution < 1.29 is 9.90 Å². The molecule has 3 nitrogen and oxygen atoms in total. The Kier molecular flexibility index (Phi) is 4.47. The average Bonchev–Trinajstić information content (AvgIpc) is 2.42. The van der Waals surface area contributed by atoms with Crippen molar-refractivity contribution in [3.63, 3.8) is 0 Å². The Labute approximate surface area is 116 Å². The zero-order valence-electron chi connectivity index (χ0n) is 10.6. The molecule has 0 spiro atoms. The number of carbonyl (C=O) groups is 1. The van der Waals surface area contributed by atoms with E-state index in [1.807, 2.05) is 37.3 Å². The molecule has 0 fully saturated rings. The number of phenols is 1. The van der Waals surface area contributed by atoms with Crippen LogP contribution in [0.5, 0.6) is 5.75 Å². The molecule has 0 aliphatic rings. The maximum atomic E-state index is 11.8. The number of carbonyl (C=O) groups excluding carboxylic acids is 1. The monoisotopic (exact) mass is 273 g/mol. The normalized spacial score (nSPS) is 10.2. The second kappa shape index (κ2) is 6.29. The lowest BCUT2D eigenvalue weighted by Crippen LogP contribution is -2.14. The number of hydrogen-bond donors (Lipinski definition) is 2. The van der Waals surface area contributed by atoms with Gasteiger partial charge in [-0.1, -0.05) is 24.3 Å². The van der Waals surface area contributed by atoms with Crippen LogP contribution >= 0.6 is 11.8 Å². The highest BCUT2D eigenvalue weighted by Gasteiger charge is 2.07. The van der Waals surface area contributed by atoms with Gasteiger partial charge < -0.3 is 10.4 Å². The quantitative estimate of drug-likeness (QED) is 0.663. The van der Waals surface area contributed by atoms with E-state index in [-0.39, 0.29) is 11.7 Å². The van der Waals surface area contributed by atoms with E-state index < -0.39 is 0 Å². The third-order valence-electron chi connectivity index (χ3n) is 2.54. The molecule has 0 bridgehead atoms. The smallest absolute Gasteiger partial charge is 0.234 e. The van der Waals surface area contributed by atoms with Crippen molar-refractivity contribution in [2.45, 2.75) is 11.8 Å². The number of nitrogens with one attached hydrogen (secondary N) is 1. The molecular weight excluding hydrogens is 258 g/mol. The molecule has 0 aromatic heterocycles. The van der Waals surface area contributed by atoms with Crippen LogP contribution in [-0.2, 0) is 4.79 Å². The first-order chi connectivity index (χ1) is 9.15. The Morgan fingerprint density at radius 1 is 1.21 bits per heavy atom. The molecule has 0 heterocycles. The highest BCUT2D eigenvalue weighted by molar-refractivity contribution is 8.00. The first kappa shape index (κ1) is 13.5. The van der Waals surface area contributed by atoms with Crippen LogP contribution in [0.2, 0.25) is 0 Å². The number of phenolic OH excluding ortho intramolecular Hbond substituents is 1. The molecule has 19 heavy (non-hydrogen) atoms.